The summed E-state index contributed by atoms with van der Waals surface area (Å²) in [5.41, 5.74) is 2.12. The smallest absolute Gasteiger partial charge is 0.187 e. The Hall–Kier alpha value is -2.62. The molecule has 0 amide bonds. The van der Waals surface area contributed by atoms with Gasteiger partial charge in [0.2, 0.25) is 0 Å². The number of carbonyl (C=O) groups excluding carboxylic acids is 1. The molecule has 0 saturated carbocycles. The van der Waals surface area contributed by atoms with Crippen molar-refractivity contribution >= 4 is 11.5 Å². The zero-order valence-electron chi connectivity index (χ0n) is 14.0. The molecule has 0 radical (unpaired) electrons. The number of unbranched alkanes of at least 4 members (excludes halogenated alkanes) is 1. The van der Waals surface area contributed by atoms with E-state index in [-0.39, 0.29) is 11.6 Å². The van der Waals surface area contributed by atoms with E-state index in [1.54, 1.807) is 30.3 Å². The van der Waals surface area contributed by atoms with Crippen molar-refractivity contribution in [1.82, 2.24) is 0 Å². The van der Waals surface area contributed by atoms with E-state index in [2.05, 4.69) is 12.2 Å². The molecule has 3 nitrogen and oxygen atoms in total. The average molecular weight is 327 g/mol. The third-order valence-corrected chi connectivity index (χ3v) is 3.58. The minimum Gasteiger partial charge on any atom is -0.494 e. The summed E-state index contributed by atoms with van der Waals surface area (Å²) in [5.74, 6) is 0.315. The first-order valence-electron chi connectivity index (χ1n) is 8.06. The second-order valence-electron chi connectivity index (χ2n) is 5.53. The molecule has 0 aliphatic rings. The van der Waals surface area contributed by atoms with E-state index in [1.807, 2.05) is 6.92 Å². The van der Waals surface area contributed by atoms with Crippen LogP contribution in [-0.2, 0) is 0 Å². The molecule has 0 saturated heterocycles. The Morgan fingerprint density at radius 3 is 2.67 bits per heavy atom. The van der Waals surface area contributed by atoms with Crippen molar-refractivity contribution in [2.45, 2.75) is 26.7 Å². The number of carbonyl (C=O) groups is 1. The van der Waals surface area contributed by atoms with Crippen LogP contribution < -0.4 is 10.1 Å². The van der Waals surface area contributed by atoms with Crippen molar-refractivity contribution in [3.63, 3.8) is 0 Å². The number of rotatable bonds is 8. The lowest BCUT2D eigenvalue weighted by Crippen LogP contribution is -1.99. The van der Waals surface area contributed by atoms with Crippen molar-refractivity contribution < 1.29 is 13.9 Å². The highest BCUT2D eigenvalue weighted by molar-refractivity contribution is 6.04. The van der Waals surface area contributed by atoms with E-state index >= 15 is 0 Å². The fourth-order valence-corrected chi connectivity index (χ4v) is 2.10. The fraction of sp³-hybridized carbons (Fsp3) is 0.250. The fourth-order valence-electron chi connectivity index (χ4n) is 2.10. The summed E-state index contributed by atoms with van der Waals surface area (Å²) in [6.07, 6.45) is 5.04. The van der Waals surface area contributed by atoms with Crippen molar-refractivity contribution in [3.05, 3.63) is 71.7 Å². The predicted octanol–water partition coefficient (Wildman–Crippen LogP) is 5.12. The van der Waals surface area contributed by atoms with E-state index in [0.29, 0.717) is 17.9 Å². The van der Waals surface area contributed by atoms with Crippen LogP contribution in [0.25, 0.3) is 0 Å². The van der Waals surface area contributed by atoms with Gasteiger partial charge in [-0.1, -0.05) is 19.4 Å². The maximum atomic E-state index is 13.2. The summed E-state index contributed by atoms with van der Waals surface area (Å²) in [6.45, 7) is 4.66. The predicted molar refractivity (Wildman–Crippen MR) is 95.1 cm³/mol. The van der Waals surface area contributed by atoms with Crippen LogP contribution >= 0.6 is 0 Å². The summed E-state index contributed by atoms with van der Waals surface area (Å²) in [5, 5.41) is 2.93. The molecule has 1 N–H and O–H groups in total. The van der Waals surface area contributed by atoms with Gasteiger partial charge in [-0.15, -0.1) is 0 Å². The summed E-state index contributed by atoms with van der Waals surface area (Å²) in [6, 6.07) is 11.5. The highest BCUT2D eigenvalue weighted by atomic mass is 19.1. The van der Waals surface area contributed by atoms with Crippen LogP contribution in [0.4, 0.5) is 10.1 Å². The van der Waals surface area contributed by atoms with Gasteiger partial charge in [-0.3, -0.25) is 4.79 Å². The van der Waals surface area contributed by atoms with Crippen LogP contribution in [0, 0.1) is 12.7 Å². The molecular weight excluding hydrogens is 305 g/mol. The first kappa shape index (κ1) is 17.7. The van der Waals surface area contributed by atoms with E-state index in [0.717, 1.165) is 24.2 Å². The molecule has 0 spiro atoms. The molecule has 0 atom stereocenters. The van der Waals surface area contributed by atoms with Crippen LogP contribution in [0.5, 0.6) is 5.75 Å². The molecule has 0 fully saturated rings. The number of benzene rings is 2. The Balaban J connectivity index is 1.93. The normalized spacial score (nSPS) is 10.8. The van der Waals surface area contributed by atoms with E-state index < -0.39 is 0 Å². The third kappa shape index (κ3) is 5.23. The number of aryl methyl sites for hydroxylation is 1. The molecule has 0 aromatic heterocycles. The molecule has 0 heterocycles. The van der Waals surface area contributed by atoms with Gasteiger partial charge in [0.25, 0.3) is 0 Å². The number of allylic oxidation sites excluding steroid dienone is 1. The largest absolute Gasteiger partial charge is 0.494 e. The Morgan fingerprint density at radius 2 is 1.96 bits per heavy atom. The third-order valence-electron chi connectivity index (χ3n) is 3.58. The van der Waals surface area contributed by atoms with Gasteiger partial charge in [0.15, 0.2) is 5.78 Å². The van der Waals surface area contributed by atoms with Gasteiger partial charge in [-0.25, -0.2) is 4.39 Å². The summed E-state index contributed by atoms with van der Waals surface area (Å²) in [7, 11) is 0. The van der Waals surface area contributed by atoms with Crippen molar-refractivity contribution in [1.29, 1.82) is 0 Å². The Labute approximate surface area is 142 Å². The molecule has 2 rings (SSSR count). The second kappa shape index (κ2) is 8.87. The molecule has 24 heavy (non-hydrogen) atoms. The lowest BCUT2D eigenvalue weighted by Gasteiger charge is -2.06. The van der Waals surface area contributed by atoms with Crippen molar-refractivity contribution in [3.8, 4) is 5.75 Å². The molecule has 4 heteroatoms. The Kier molecular flexibility index (Phi) is 6.55. The van der Waals surface area contributed by atoms with E-state index in [4.69, 9.17) is 4.74 Å². The maximum Gasteiger partial charge on any atom is 0.187 e. The van der Waals surface area contributed by atoms with Gasteiger partial charge < -0.3 is 10.1 Å². The van der Waals surface area contributed by atoms with E-state index in [1.165, 1.54) is 24.4 Å². The van der Waals surface area contributed by atoms with Crippen LogP contribution in [-0.4, -0.2) is 12.4 Å². The van der Waals surface area contributed by atoms with Gasteiger partial charge in [-0.05, 0) is 55.3 Å². The van der Waals surface area contributed by atoms with Gasteiger partial charge in [0.1, 0.15) is 11.6 Å². The maximum absolute atomic E-state index is 13.2. The topological polar surface area (TPSA) is 38.3 Å². The zero-order chi connectivity index (χ0) is 17.4. The number of anilines is 1. The first-order chi connectivity index (χ1) is 11.6. The van der Waals surface area contributed by atoms with Crippen molar-refractivity contribution in [2.24, 2.45) is 0 Å². The van der Waals surface area contributed by atoms with Crippen LogP contribution in [0.15, 0.2) is 54.7 Å². The van der Waals surface area contributed by atoms with Crippen LogP contribution in [0.2, 0.25) is 0 Å². The minimum absolute atomic E-state index is 0.128. The van der Waals surface area contributed by atoms with Crippen molar-refractivity contribution in [2.75, 3.05) is 11.9 Å². The molecular formula is C20H22FNO2. The SMILES string of the molecule is CCCCOc1ccc(C(=O)/C=C/Nc2cc(F)ccc2C)cc1. The number of hydrogen-bond donors (Lipinski definition) is 1. The van der Waals surface area contributed by atoms with Gasteiger partial charge in [-0.2, -0.15) is 0 Å². The zero-order valence-corrected chi connectivity index (χ0v) is 14.0. The number of ketones is 1. The molecule has 0 aliphatic carbocycles. The number of ether oxygens (including phenoxy) is 1. The van der Waals surface area contributed by atoms with Gasteiger partial charge in [0, 0.05) is 23.5 Å². The lowest BCUT2D eigenvalue weighted by atomic mass is 10.1. The Bertz CT molecular complexity index is 708. The molecule has 2 aromatic rings. The van der Waals surface area contributed by atoms with Crippen LogP contribution in [0.3, 0.4) is 0 Å². The number of nitrogens with one attached hydrogen (secondary N) is 1. The number of hydrogen-bond acceptors (Lipinski definition) is 3. The van der Waals surface area contributed by atoms with Gasteiger partial charge >= 0.3 is 0 Å². The van der Waals surface area contributed by atoms with Crippen LogP contribution in [0.1, 0.15) is 35.7 Å². The quantitative estimate of drug-likeness (QED) is 0.415. The highest BCUT2D eigenvalue weighted by Gasteiger charge is 2.03. The number of halogens is 1. The summed E-state index contributed by atoms with van der Waals surface area (Å²) < 4.78 is 18.8. The monoisotopic (exact) mass is 327 g/mol. The molecule has 126 valence electrons. The molecule has 0 bridgehead atoms. The average Bonchev–Trinajstić information content (AvgIpc) is 2.58. The lowest BCUT2D eigenvalue weighted by molar-refractivity contribution is 0.104. The minimum atomic E-state index is -0.318. The summed E-state index contributed by atoms with van der Waals surface area (Å²) in [4.78, 5) is 12.1. The van der Waals surface area contributed by atoms with Gasteiger partial charge in [0.05, 0.1) is 6.61 Å². The molecule has 0 unspecified atom stereocenters. The molecule has 2 aromatic carbocycles. The first-order valence-corrected chi connectivity index (χ1v) is 8.06. The Morgan fingerprint density at radius 1 is 1.21 bits per heavy atom. The second-order valence-corrected chi connectivity index (χ2v) is 5.53. The van der Waals surface area contributed by atoms with E-state index in [9.17, 15) is 9.18 Å². The highest BCUT2D eigenvalue weighted by Crippen LogP contribution is 2.16. The summed E-state index contributed by atoms with van der Waals surface area (Å²) >= 11 is 0. The molecule has 0 aliphatic heterocycles. The standard InChI is InChI=1S/C20H22FNO2/c1-3-4-13-24-18-9-6-16(7-10-18)20(23)11-12-22-19-14-17(21)8-5-15(19)2/h5-12,14,22H,3-4,13H2,1-2H3/b12-11+.